The van der Waals surface area contributed by atoms with E-state index in [-0.39, 0.29) is 0 Å². The van der Waals surface area contributed by atoms with Crippen LogP contribution in [0.1, 0.15) is 84.6 Å². The fourth-order valence-corrected chi connectivity index (χ4v) is 6.69. The van der Waals surface area contributed by atoms with E-state index in [1.54, 1.807) is 6.08 Å². The lowest BCUT2D eigenvalue weighted by Crippen LogP contribution is -2.46. The molecule has 0 unspecified atom stereocenters. The average molecular weight is 612 g/mol. The molecule has 0 aliphatic carbocycles. The van der Waals surface area contributed by atoms with Crippen LogP contribution in [0.25, 0.3) is 6.08 Å². The lowest BCUT2D eigenvalue weighted by atomic mass is 10.2. The van der Waals surface area contributed by atoms with E-state index >= 15 is 0 Å². The Labute approximate surface area is 253 Å². The Balaban J connectivity index is 2.33. The van der Waals surface area contributed by atoms with Gasteiger partial charge in [0.15, 0.2) is 11.5 Å². The van der Waals surface area contributed by atoms with Crippen molar-refractivity contribution in [3.8, 4) is 11.5 Å². The number of carbonyl (C=O) groups excluding carboxylic acids is 2. The summed E-state index contributed by atoms with van der Waals surface area (Å²) in [6.07, 6.45) is 10.1. The average Bonchev–Trinajstić information content (AvgIpc) is 2.98. The highest BCUT2D eigenvalue weighted by atomic mass is 28.4. The molecule has 0 aliphatic heterocycles. The second-order valence-corrected chi connectivity index (χ2v) is 12.3. The minimum Gasteiger partial charge on any atom is -0.490 e. The van der Waals surface area contributed by atoms with Gasteiger partial charge in [-0.2, -0.15) is 0 Å². The van der Waals surface area contributed by atoms with Crippen molar-refractivity contribution in [1.82, 2.24) is 5.32 Å². The Bertz CT molecular complexity index is 880. The smallest absolute Gasteiger partial charge is 0.490 e. The molecule has 0 aromatic heterocycles. The fourth-order valence-electron chi connectivity index (χ4n) is 4.08. The summed E-state index contributed by atoms with van der Waals surface area (Å²) in [6.45, 7) is 11.5. The number of unbranched alkanes of at least 4 members (excludes halogenated alkanes) is 5. The zero-order chi connectivity index (χ0) is 30.9. The van der Waals surface area contributed by atoms with Gasteiger partial charge in [-0.3, -0.25) is 0 Å². The van der Waals surface area contributed by atoms with Gasteiger partial charge < -0.3 is 37.5 Å². The number of hydrogen-bond acceptors (Lipinski definition) is 9. The minimum absolute atomic E-state index is 0.368. The van der Waals surface area contributed by atoms with Crippen LogP contribution < -0.4 is 14.8 Å². The van der Waals surface area contributed by atoms with Crippen LogP contribution in [0.5, 0.6) is 11.5 Å². The summed E-state index contributed by atoms with van der Waals surface area (Å²) in [7, 11) is -1.34. The number of methoxy groups -OCH3 is 1. The number of esters is 1. The molecule has 0 bridgehead atoms. The van der Waals surface area contributed by atoms with Crippen LogP contribution in [0, 0.1) is 0 Å². The molecule has 11 heteroatoms. The van der Waals surface area contributed by atoms with E-state index in [4.69, 9.17) is 27.5 Å². The van der Waals surface area contributed by atoms with Gasteiger partial charge in [0.1, 0.15) is 0 Å². The summed E-state index contributed by atoms with van der Waals surface area (Å²) >= 11 is 0. The van der Waals surface area contributed by atoms with Gasteiger partial charge in [0.25, 0.3) is 0 Å². The number of alkyl carbamates (subject to hydrolysis) is 1. The van der Waals surface area contributed by atoms with Crippen LogP contribution in [0.15, 0.2) is 24.3 Å². The predicted molar refractivity (Wildman–Crippen MR) is 166 cm³/mol. The Morgan fingerprint density at radius 2 is 1.40 bits per heavy atom. The molecular weight excluding hydrogens is 558 g/mol. The third-order valence-electron chi connectivity index (χ3n) is 6.14. The monoisotopic (exact) mass is 611 g/mol. The van der Waals surface area contributed by atoms with Crippen molar-refractivity contribution in [3.63, 3.8) is 0 Å². The first-order valence-corrected chi connectivity index (χ1v) is 17.3. The van der Waals surface area contributed by atoms with Crippen LogP contribution in [-0.4, -0.2) is 74.2 Å². The Morgan fingerprint density at radius 3 is 2.02 bits per heavy atom. The molecule has 1 N–H and O–H groups in total. The number of benzene rings is 1. The maximum Gasteiger partial charge on any atom is 0.500 e. The van der Waals surface area contributed by atoms with E-state index in [1.807, 2.05) is 39.0 Å². The highest BCUT2D eigenvalue weighted by Gasteiger charge is 2.39. The van der Waals surface area contributed by atoms with Gasteiger partial charge in [-0.25, -0.2) is 9.59 Å². The predicted octanol–water partition coefficient (Wildman–Crippen LogP) is 6.55. The SMILES string of the molecule is CCCCCOc1ccc(C=CC(=O)OC)cc1OCCCCCCOC(=O)NCCC[Si](OCC)(OCC)OCC. The molecule has 0 saturated heterocycles. The number of nitrogens with one attached hydrogen (secondary N) is 1. The van der Waals surface area contributed by atoms with Crippen molar-refractivity contribution in [3.05, 3.63) is 29.8 Å². The summed E-state index contributed by atoms with van der Waals surface area (Å²) in [5.41, 5.74) is 0.825. The third-order valence-corrected chi connectivity index (χ3v) is 9.29. The lowest BCUT2D eigenvalue weighted by Gasteiger charge is -2.28. The number of rotatable bonds is 25. The van der Waals surface area contributed by atoms with Gasteiger partial charge in [-0.05, 0) is 83.1 Å². The summed E-state index contributed by atoms with van der Waals surface area (Å²) in [4.78, 5) is 23.5. The summed E-state index contributed by atoms with van der Waals surface area (Å²) in [6, 6.07) is 6.27. The Hall–Kier alpha value is -2.60. The van der Waals surface area contributed by atoms with E-state index in [2.05, 4.69) is 17.0 Å². The maximum atomic E-state index is 12.0. The first-order valence-electron chi connectivity index (χ1n) is 15.4. The standard InChI is InChI=1S/C31H53NO9Si/c1-6-10-13-22-36-28-19-17-27(18-20-30(33)35-5)26-29(28)37-23-14-11-12-15-24-38-31(34)32-21-16-25-42(39-7-2,40-8-3)41-9-4/h17-20,26H,6-16,21-25H2,1-5H3,(H,32,34). The molecular formula is C31H53NO9Si. The van der Waals surface area contributed by atoms with E-state index in [9.17, 15) is 9.59 Å². The first kappa shape index (κ1) is 37.4. The fraction of sp³-hybridized carbons (Fsp3) is 0.677. The maximum absolute atomic E-state index is 12.0. The molecule has 240 valence electrons. The van der Waals surface area contributed by atoms with Crippen molar-refractivity contribution in [2.24, 2.45) is 0 Å². The normalized spacial score (nSPS) is 11.5. The summed E-state index contributed by atoms with van der Waals surface area (Å²) in [5, 5.41) is 2.79. The van der Waals surface area contributed by atoms with Gasteiger partial charge in [0.2, 0.25) is 0 Å². The molecule has 0 spiro atoms. The second kappa shape index (κ2) is 23.9. The molecule has 0 heterocycles. The van der Waals surface area contributed by atoms with E-state index in [1.165, 1.54) is 13.2 Å². The quantitative estimate of drug-likeness (QED) is 0.0570. The summed E-state index contributed by atoms with van der Waals surface area (Å²) < 4.78 is 39.5. The van der Waals surface area contributed by atoms with E-state index in [0.29, 0.717) is 70.1 Å². The minimum atomic E-state index is -2.69. The van der Waals surface area contributed by atoms with Crippen molar-refractivity contribution < 1.29 is 41.8 Å². The van der Waals surface area contributed by atoms with Crippen molar-refractivity contribution >= 4 is 26.9 Å². The van der Waals surface area contributed by atoms with Crippen LogP contribution in [0.4, 0.5) is 4.79 Å². The van der Waals surface area contributed by atoms with Gasteiger partial charge in [-0.15, -0.1) is 0 Å². The molecule has 10 nitrogen and oxygen atoms in total. The van der Waals surface area contributed by atoms with Crippen molar-refractivity contribution in [2.75, 3.05) is 53.3 Å². The zero-order valence-electron chi connectivity index (χ0n) is 26.4. The largest absolute Gasteiger partial charge is 0.500 e. The highest BCUT2D eigenvalue weighted by Crippen LogP contribution is 2.29. The Kier molecular flexibility index (Phi) is 21.3. The highest BCUT2D eigenvalue weighted by molar-refractivity contribution is 6.60. The number of amides is 1. The van der Waals surface area contributed by atoms with E-state index in [0.717, 1.165) is 50.5 Å². The summed E-state index contributed by atoms with van der Waals surface area (Å²) in [5.74, 6) is 0.938. The molecule has 1 aromatic rings. The molecule has 1 rings (SSSR count). The first-order chi connectivity index (χ1) is 20.4. The molecule has 1 amide bonds. The van der Waals surface area contributed by atoms with Crippen molar-refractivity contribution in [1.29, 1.82) is 0 Å². The van der Waals surface area contributed by atoms with Gasteiger partial charge in [0, 0.05) is 38.5 Å². The number of ether oxygens (including phenoxy) is 4. The third kappa shape index (κ3) is 16.7. The number of carbonyl (C=O) groups is 2. The van der Waals surface area contributed by atoms with Crippen LogP contribution in [0.2, 0.25) is 6.04 Å². The molecule has 0 radical (unpaired) electrons. The topological polar surface area (TPSA) is 111 Å². The van der Waals surface area contributed by atoms with Gasteiger partial charge in [0.05, 0.1) is 26.9 Å². The lowest BCUT2D eigenvalue weighted by molar-refractivity contribution is -0.134. The molecule has 0 atom stereocenters. The van der Waals surface area contributed by atoms with Crippen molar-refractivity contribution in [2.45, 2.75) is 85.1 Å². The van der Waals surface area contributed by atoms with Crippen LogP contribution in [-0.2, 0) is 27.5 Å². The Morgan fingerprint density at radius 1 is 0.786 bits per heavy atom. The molecule has 0 fully saturated rings. The van der Waals surface area contributed by atoms with Crippen LogP contribution >= 0.6 is 0 Å². The van der Waals surface area contributed by atoms with Gasteiger partial charge >= 0.3 is 20.9 Å². The molecule has 1 aromatic carbocycles. The zero-order valence-corrected chi connectivity index (χ0v) is 27.4. The van der Waals surface area contributed by atoms with Crippen LogP contribution in [0.3, 0.4) is 0 Å². The molecule has 42 heavy (non-hydrogen) atoms. The van der Waals surface area contributed by atoms with E-state index < -0.39 is 20.9 Å². The second-order valence-electron chi connectivity index (χ2n) is 9.53. The number of hydrogen-bond donors (Lipinski definition) is 1. The van der Waals surface area contributed by atoms with Gasteiger partial charge in [-0.1, -0.05) is 25.8 Å². The molecule has 0 saturated carbocycles. The molecule has 0 aliphatic rings.